The van der Waals surface area contributed by atoms with Crippen molar-refractivity contribution >= 4 is 0 Å². The molecule has 2 N–H and O–H groups in total. The molecule has 0 rings (SSSR count). The summed E-state index contributed by atoms with van der Waals surface area (Å²) in [5.74, 6) is 0.721. The lowest BCUT2D eigenvalue weighted by atomic mass is 9.78. The van der Waals surface area contributed by atoms with Crippen LogP contribution in [0.4, 0.5) is 0 Å². The molecule has 0 aliphatic heterocycles. The fourth-order valence-corrected chi connectivity index (χ4v) is 1.58. The molecule has 0 aliphatic carbocycles. The fourth-order valence-electron chi connectivity index (χ4n) is 1.58. The minimum Gasteiger partial charge on any atom is -0.328 e. The van der Waals surface area contributed by atoms with Crippen LogP contribution < -0.4 is 5.73 Å². The summed E-state index contributed by atoms with van der Waals surface area (Å²) < 4.78 is 0. The summed E-state index contributed by atoms with van der Waals surface area (Å²) in [6, 6.07) is 0.413. The highest BCUT2D eigenvalue weighted by Crippen LogP contribution is 2.29. The van der Waals surface area contributed by atoms with Gasteiger partial charge in [0.1, 0.15) is 0 Å². The Morgan fingerprint density at radius 3 is 2.14 bits per heavy atom. The summed E-state index contributed by atoms with van der Waals surface area (Å²) >= 11 is 0. The summed E-state index contributed by atoms with van der Waals surface area (Å²) in [5, 5.41) is 0. The highest BCUT2D eigenvalue weighted by atomic mass is 14.6. The number of nitrogens with two attached hydrogens (primary N) is 1. The average Bonchev–Trinajstić information content (AvgIpc) is 2.03. The molecule has 0 aromatic rings. The van der Waals surface area contributed by atoms with Crippen LogP contribution in [0.3, 0.4) is 0 Å². The molecule has 2 unspecified atom stereocenters. The van der Waals surface area contributed by atoms with E-state index in [1.165, 1.54) is 32.1 Å². The van der Waals surface area contributed by atoms with Gasteiger partial charge in [0.2, 0.25) is 0 Å². The first kappa shape index (κ1) is 14.0. The van der Waals surface area contributed by atoms with E-state index in [1.807, 2.05) is 0 Å². The normalized spacial score (nSPS) is 16.7. The van der Waals surface area contributed by atoms with Crippen molar-refractivity contribution < 1.29 is 0 Å². The summed E-state index contributed by atoms with van der Waals surface area (Å²) in [6.45, 7) is 11.5. The van der Waals surface area contributed by atoms with Crippen molar-refractivity contribution in [3.05, 3.63) is 0 Å². The van der Waals surface area contributed by atoms with Gasteiger partial charge in [-0.2, -0.15) is 0 Å². The first-order valence-electron chi connectivity index (χ1n) is 6.13. The molecule has 0 bridgehead atoms. The molecule has 0 fully saturated rings. The average molecular weight is 199 g/mol. The van der Waals surface area contributed by atoms with Crippen LogP contribution in [0.5, 0.6) is 0 Å². The molecule has 86 valence electrons. The first-order valence-corrected chi connectivity index (χ1v) is 6.13. The lowest BCUT2D eigenvalue weighted by molar-refractivity contribution is 0.229. The number of hydrogen-bond acceptors (Lipinski definition) is 1. The van der Waals surface area contributed by atoms with Crippen LogP contribution in [0.2, 0.25) is 0 Å². The molecule has 0 saturated heterocycles. The monoisotopic (exact) mass is 199 g/mol. The Hall–Kier alpha value is -0.0400. The van der Waals surface area contributed by atoms with Crippen LogP contribution in [0.25, 0.3) is 0 Å². The van der Waals surface area contributed by atoms with Crippen LogP contribution in [0, 0.1) is 11.3 Å². The molecule has 0 spiro atoms. The molecule has 0 aromatic heterocycles. The molecule has 14 heavy (non-hydrogen) atoms. The molecule has 0 aliphatic rings. The second kappa shape index (κ2) is 6.44. The zero-order chi connectivity index (χ0) is 11.2. The van der Waals surface area contributed by atoms with Gasteiger partial charge < -0.3 is 5.73 Å². The third kappa shape index (κ3) is 6.42. The van der Waals surface area contributed by atoms with Gasteiger partial charge in [-0.1, -0.05) is 53.9 Å². The van der Waals surface area contributed by atoms with E-state index < -0.39 is 0 Å². The van der Waals surface area contributed by atoms with E-state index in [2.05, 4.69) is 34.6 Å². The minimum atomic E-state index is 0.405. The molecule has 0 amide bonds. The SMILES string of the molecule is CCCCCC(N)CC(C)C(C)(C)C. The predicted octanol–water partition coefficient (Wildman–Crippen LogP) is 3.97. The highest BCUT2D eigenvalue weighted by Gasteiger charge is 2.21. The molecule has 2 atom stereocenters. The zero-order valence-corrected chi connectivity index (χ0v) is 10.8. The summed E-state index contributed by atoms with van der Waals surface area (Å²) in [6.07, 6.45) is 6.30. The molecular formula is C13H29N. The van der Waals surface area contributed by atoms with Gasteiger partial charge in [0.15, 0.2) is 0 Å². The molecule has 0 aromatic carbocycles. The van der Waals surface area contributed by atoms with Gasteiger partial charge in [-0.3, -0.25) is 0 Å². The van der Waals surface area contributed by atoms with Gasteiger partial charge in [-0.25, -0.2) is 0 Å². The molecular weight excluding hydrogens is 170 g/mol. The first-order chi connectivity index (χ1) is 6.38. The second-order valence-electron chi connectivity index (χ2n) is 5.76. The van der Waals surface area contributed by atoms with Crippen molar-refractivity contribution in [1.82, 2.24) is 0 Å². The lowest BCUT2D eigenvalue weighted by Crippen LogP contribution is -2.28. The van der Waals surface area contributed by atoms with Crippen LogP contribution in [-0.2, 0) is 0 Å². The smallest absolute Gasteiger partial charge is 0.00415 e. The largest absolute Gasteiger partial charge is 0.328 e. The van der Waals surface area contributed by atoms with E-state index in [0.29, 0.717) is 11.5 Å². The Labute approximate surface area is 90.5 Å². The van der Waals surface area contributed by atoms with Crippen LogP contribution >= 0.6 is 0 Å². The van der Waals surface area contributed by atoms with E-state index in [9.17, 15) is 0 Å². The molecule has 1 nitrogen and oxygen atoms in total. The molecule has 0 radical (unpaired) electrons. The van der Waals surface area contributed by atoms with Crippen molar-refractivity contribution in [3.63, 3.8) is 0 Å². The highest BCUT2D eigenvalue weighted by molar-refractivity contribution is 4.74. The van der Waals surface area contributed by atoms with Gasteiger partial charge in [0.25, 0.3) is 0 Å². The van der Waals surface area contributed by atoms with E-state index in [0.717, 1.165) is 5.92 Å². The summed E-state index contributed by atoms with van der Waals surface area (Å²) in [7, 11) is 0. The summed E-state index contributed by atoms with van der Waals surface area (Å²) in [4.78, 5) is 0. The van der Waals surface area contributed by atoms with E-state index in [-0.39, 0.29) is 0 Å². The zero-order valence-electron chi connectivity index (χ0n) is 10.8. The Morgan fingerprint density at radius 2 is 1.71 bits per heavy atom. The lowest BCUT2D eigenvalue weighted by Gasteiger charge is -2.29. The molecule has 0 heterocycles. The maximum absolute atomic E-state index is 6.11. The quantitative estimate of drug-likeness (QED) is 0.644. The van der Waals surface area contributed by atoms with Gasteiger partial charge in [-0.05, 0) is 24.2 Å². The van der Waals surface area contributed by atoms with Gasteiger partial charge >= 0.3 is 0 Å². The number of rotatable bonds is 6. The van der Waals surface area contributed by atoms with Crippen molar-refractivity contribution in [2.24, 2.45) is 17.1 Å². The molecule has 0 saturated carbocycles. The Balaban J connectivity index is 3.66. The standard InChI is InChI=1S/C13H29N/c1-6-7-8-9-12(14)10-11(2)13(3,4)5/h11-12H,6-10,14H2,1-5H3. The third-order valence-electron chi connectivity index (χ3n) is 3.31. The van der Waals surface area contributed by atoms with Crippen molar-refractivity contribution in [3.8, 4) is 0 Å². The van der Waals surface area contributed by atoms with Crippen molar-refractivity contribution in [2.45, 2.75) is 72.8 Å². The van der Waals surface area contributed by atoms with Gasteiger partial charge in [0, 0.05) is 6.04 Å². The maximum atomic E-state index is 6.11. The van der Waals surface area contributed by atoms with Crippen LogP contribution in [0.15, 0.2) is 0 Å². The summed E-state index contributed by atoms with van der Waals surface area (Å²) in [5.41, 5.74) is 6.52. The van der Waals surface area contributed by atoms with E-state index >= 15 is 0 Å². The van der Waals surface area contributed by atoms with Crippen LogP contribution in [0.1, 0.15) is 66.7 Å². The molecule has 1 heteroatoms. The third-order valence-corrected chi connectivity index (χ3v) is 3.31. The number of unbranched alkanes of at least 4 members (excludes halogenated alkanes) is 2. The maximum Gasteiger partial charge on any atom is 0.00415 e. The van der Waals surface area contributed by atoms with E-state index in [1.54, 1.807) is 0 Å². The fraction of sp³-hybridized carbons (Fsp3) is 1.00. The van der Waals surface area contributed by atoms with E-state index in [4.69, 9.17) is 5.73 Å². The number of hydrogen-bond donors (Lipinski definition) is 1. The van der Waals surface area contributed by atoms with Crippen molar-refractivity contribution in [1.29, 1.82) is 0 Å². The Morgan fingerprint density at radius 1 is 1.14 bits per heavy atom. The predicted molar refractivity (Wildman–Crippen MR) is 65.4 cm³/mol. The van der Waals surface area contributed by atoms with Gasteiger partial charge in [0.05, 0.1) is 0 Å². The van der Waals surface area contributed by atoms with Crippen molar-refractivity contribution in [2.75, 3.05) is 0 Å². The van der Waals surface area contributed by atoms with Gasteiger partial charge in [-0.15, -0.1) is 0 Å². The second-order valence-corrected chi connectivity index (χ2v) is 5.76. The topological polar surface area (TPSA) is 26.0 Å². The minimum absolute atomic E-state index is 0.405. The Kier molecular flexibility index (Phi) is 6.43. The Bertz CT molecular complexity index is 135. The van der Waals surface area contributed by atoms with Crippen LogP contribution in [-0.4, -0.2) is 6.04 Å².